The fourth-order valence-electron chi connectivity index (χ4n) is 2.78. The van der Waals surface area contributed by atoms with E-state index in [0.29, 0.717) is 19.5 Å². The van der Waals surface area contributed by atoms with Gasteiger partial charge in [-0.2, -0.15) is 0 Å². The van der Waals surface area contributed by atoms with Gasteiger partial charge in [0.2, 0.25) is 0 Å². The fourth-order valence-corrected chi connectivity index (χ4v) is 2.78. The molecule has 2 heterocycles. The molecule has 4 nitrogen and oxygen atoms in total. The largest absolute Gasteiger partial charge is 0.500 e. The maximum absolute atomic E-state index is 12.5. The third kappa shape index (κ3) is 3.55. The van der Waals surface area contributed by atoms with Crippen LogP contribution in [0.1, 0.15) is 12.8 Å². The minimum absolute atomic E-state index is 0.184. The summed E-state index contributed by atoms with van der Waals surface area (Å²) in [6.45, 7) is 2.31. The second kappa shape index (κ2) is 6.50. The zero-order valence-electron chi connectivity index (χ0n) is 11.7. The van der Waals surface area contributed by atoms with Gasteiger partial charge in [-0.25, -0.2) is 4.39 Å². The van der Waals surface area contributed by atoms with E-state index in [1.165, 1.54) is 5.57 Å². The van der Waals surface area contributed by atoms with Gasteiger partial charge in [0.15, 0.2) is 0 Å². The van der Waals surface area contributed by atoms with E-state index in [2.05, 4.69) is 9.80 Å². The van der Waals surface area contributed by atoms with Crippen molar-refractivity contribution in [1.29, 1.82) is 0 Å². The molecule has 2 saturated heterocycles. The molecule has 108 valence electrons. The van der Waals surface area contributed by atoms with Crippen molar-refractivity contribution in [2.24, 2.45) is 0 Å². The monoisotopic (exact) mass is 270 g/mol. The lowest BCUT2D eigenvalue weighted by Gasteiger charge is -2.18. The van der Waals surface area contributed by atoms with Crippen molar-refractivity contribution >= 4 is 0 Å². The van der Waals surface area contributed by atoms with Gasteiger partial charge < -0.3 is 9.84 Å². The lowest BCUT2D eigenvalue weighted by Crippen LogP contribution is -2.28. The van der Waals surface area contributed by atoms with Crippen LogP contribution in [-0.4, -0.2) is 67.4 Å². The highest BCUT2D eigenvalue weighted by Gasteiger charge is 2.26. The Labute approximate surface area is 114 Å². The van der Waals surface area contributed by atoms with Crippen molar-refractivity contribution in [2.75, 3.05) is 40.4 Å². The van der Waals surface area contributed by atoms with Gasteiger partial charge in [-0.05, 0) is 38.1 Å². The Hall–Kier alpha value is -0.910. The van der Waals surface area contributed by atoms with Crippen LogP contribution >= 0.6 is 0 Å². The lowest BCUT2D eigenvalue weighted by molar-refractivity contribution is 0.159. The number of aliphatic hydroxyl groups excluding tert-OH is 1. The predicted octanol–water partition coefficient (Wildman–Crippen LogP) is 1.14. The van der Waals surface area contributed by atoms with E-state index < -0.39 is 0 Å². The first-order chi connectivity index (χ1) is 9.13. The molecule has 19 heavy (non-hydrogen) atoms. The van der Waals surface area contributed by atoms with Crippen LogP contribution in [-0.2, 0) is 4.74 Å². The Morgan fingerprint density at radius 2 is 1.84 bits per heavy atom. The van der Waals surface area contributed by atoms with Gasteiger partial charge in [0.1, 0.15) is 6.61 Å². The van der Waals surface area contributed by atoms with Gasteiger partial charge in [-0.15, -0.1) is 0 Å². The molecule has 2 fully saturated rings. The van der Waals surface area contributed by atoms with E-state index in [4.69, 9.17) is 4.74 Å². The summed E-state index contributed by atoms with van der Waals surface area (Å²) in [4.78, 5) is 4.24. The first-order valence-electron chi connectivity index (χ1n) is 6.73. The molecule has 0 aliphatic carbocycles. The smallest absolute Gasteiger partial charge is 0.103 e. The van der Waals surface area contributed by atoms with Crippen molar-refractivity contribution in [3.8, 4) is 0 Å². The highest BCUT2D eigenvalue weighted by molar-refractivity contribution is 5.11. The summed E-state index contributed by atoms with van der Waals surface area (Å²) in [5, 5.41) is 9.19. The van der Waals surface area contributed by atoms with Crippen molar-refractivity contribution in [3.63, 3.8) is 0 Å². The second-order valence-electron chi connectivity index (χ2n) is 5.61. The molecule has 0 radical (unpaired) electrons. The highest BCUT2D eigenvalue weighted by Crippen LogP contribution is 2.23. The van der Waals surface area contributed by atoms with E-state index in [1.54, 1.807) is 0 Å². The Kier molecular flexibility index (Phi) is 4.96. The summed E-state index contributed by atoms with van der Waals surface area (Å²) in [5.41, 5.74) is 2.05. The molecule has 0 aromatic carbocycles. The van der Waals surface area contributed by atoms with Crippen LogP contribution in [0.25, 0.3) is 0 Å². The molecule has 0 spiro atoms. The van der Waals surface area contributed by atoms with E-state index in [9.17, 15) is 9.50 Å². The first-order valence-corrected chi connectivity index (χ1v) is 6.73. The normalized spacial score (nSPS) is 33.7. The molecular weight excluding hydrogens is 247 g/mol. The minimum Gasteiger partial charge on any atom is -0.500 e. The van der Waals surface area contributed by atoms with Crippen LogP contribution in [0, 0.1) is 0 Å². The van der Waals surface area contributed by atoms with E-state index >= 15 is 0 Å². The van der Waals surface area contributed by atoms with Crippen LogP contribution < -0.4 is 0 Å². The minimum atomic E-state index is 0.184. The molecule has 0 saturated carbocycles. The van der Waals surface area contributed by atoms with Crippen LogP contribution in [0.3, 0.4) is 0 Å². The first kappa shape index (κ1) is 14.5. The molecule has 2 aliphatic rings. The van der Waals surface area contributed by atoms with E-state index in [0.717, 1.165) is 25.0 Å². The van der Waals surface area contributed by atoms with Crippen LogP contribution in [0.4, 0.5) is 4.39 Å². The van der Waals surface area contributed by atoms with Crippen LogP contribution in [0.2, 0.25) is 0 Å². The number of hydrogen-bond acceptors (Lipinski definition) is 4. The number of aliphatic hydroxyl groups is 1. The standard InChI is InChI=1S/C14H23FN2O2/c1-16-7-12(4-13(16)8-18)9-19-10-14-3-11(5-15)6-17(14)2/h5,9,13-14,18H,3-4,6-8,10H2,1-2H3/b11-5-,12-9+. The maximum atomic E-state index is 12.5. The maximum Gasteiger partial charge on any atom is 0.103 e. The summed E-state index contributed by atoms with van der Waals surface area (Å²) in [6.07, 6.45) is 4.14. The molecule has 2 atom stereocenters. The third-order valence-corrected chi connectivity index (χ3v) is 4.05. The Bertz CT molecular complexity index is 370. The number of halogens is 1. The Balaban J connectivity index is 1.78. The predicted molar refractivity (Wildman–Crippen MR) is 72.4 cm³/mol. The quantitative estimate of drug-likeness (QED) is 0.777. The van der Waals surface area contributed by atoms with Crippen molar-refractivity contribution in [2.45, 2.75) is 24.9 Å². The van der Waals surface area contributed by atoms with Gasteiger partial charge in [0.25, 0.3) is 0 Å². The molecular formula is C14H23FN2O2. The molecule has 0 aromatic rings. The lowest BCUT2D eigenvalue weighted by atomic mass is 10.2. The molecule has 0 amide bonds. The summed E-state index contributed by atoms with van der Waals surface area (Å²) in [6, 6.07) is 0.469. The van der Waals surface area contributed by atoms with Crippen LogP contribution in [0.5, 0.6) is 0 Å². The fraction of sp³-hybridized carbons (Fsp3) is 0.714. The third-order valence-electron chi connectivity index (χ3n) is 4.05. The van der Waals surface area contributed by atoms with Gasteiger partial charge in [0.05, 0.1) is 19.2 Å². The number of nitrogens with zero attached hydrogens (tertiary/aromatic N) is 2. The molecule has 2 aliphatic heterocycles. The zero-order valence-corrected chi connectivity index (χ0v) is 11.7. The van der Waals surface area contributed by atoms with E-state index in [1.807, 2.05) is 20.4 Å². The highest BCUT2D eigenvalue weighted by atomic mass is 19.1. The Morgan fingerprint density at radius 1 is 1.21 bits per heavy atom. The second-order valence-corrected chi connectivity index (χ2v) is 5.61. The molecule has 1 N–H and O–H groups in total. The molecule has 5 heteroatoms. The van der Waals surface area contributed by atoms with Gasteiger partial charge in [0, 0.05) is 25.2 Å². The number of likely N-dealkylation sites (tertiary alicyclic amines) is 2. The summed E-state index contributed by atoms with van der Waals surface area (Å²) < 4.78 is 18.1. The van der Waals surface area contributed by atoms with Gasteiger partial charge in [-0.3, -0.25) is 9.80 Å². The number of rotatable bonds is 4. The van der Waals surface area contributed by atoms with Crippen molar-refractivity contribution < 1.29 is 14.2 Å². The average molecular weight is 270 g/mol. The summed E-state index contributed by atoms with van der Waals surface area (Å²) >= 11 is 0. The van der Waals surface area contributed by atoms with Crippen molar-refractivity contribution in [3.05, 3.63) is 23.7 Å². The molecule has 2 rings (SSSR count). The van der Waals surface area contributed by atoms with Gasteiger partial charge >= 0.3 is 0 Å². The Morgan fingerprint density at radius 3 is 2.42 bits per heavy atom. The molecule has 0 bridgehead atoms. The zero-order chi connectivity index (χ0) is 13.8. The topological polar surface area (TPSA) is 35.9 Å². The van der Waals surface area contributed by atoms with Gasteiger partial charge in [-0.1, -0.05) is 0 Å². The number of ether oxygens (including phenoxy) is 1. The average Bonchev–Trinajstić information content (AvgIpc) is 2.93. The SMILES string of the molecule is CN1C/C(=C\F)CC1CO/C=C1\CC(CO)N(C)C1. The molecule has 0 aromatic heterocycles. The van der Waals surface area contributed by atoms with Crippen molar-refractivity contribution in [1.82, 2.24) is 9.80 Å². The van der Waals surface area contributed by atoms with Crippen LogP contribution in [0.15, 0.2) is 23.7 Å². The van der Waals surface area contributed by atoms with E-state index in [-0.39, 0.29) is 18.7 Å². The number of hydrogen-bond donors (Lipinski definition) is 1. The number of likely N-dealkylation sites (N-methyl/N-ethyl adjacent to an activating group) is 2. The summed E-state index contributed by atoms with van der Waals surface area (Å²) in [7, 11) is 3.99. The molecule has 2 unspecified atom stereocenters. The summed E-state index contributed by atoms with van der Waals surface area (Å²) in [5.74, 6) is 0.